The summed E-state index contributed by atoms with van der Waals surface area (Å²) in [6, 6.07) is 0.805. The predicted molar refractivity (Wildman–Crippen MR) is 53.8 cm³/mol. The van der Waals surface area contributed by atoms with E-state index in [1.54, 1.807) is 0 Å². The SMILES string of the molecule is O=C(c1ccnn1C(F)F)N1N=CC[C@@]1(O)C(F)(F)F. The number of halogens is 5. The molecule has 0 aliphatic carbocycles. The van der Waals surface area contributed by atoms with Gasteiger partial charge in [0.25, 0.3) is 11.6 Å². The smallest absolute Gasteiger partial charge is 0.362 e. The molecule has 0 unspecified atom stereocenters. The summed E-state index contributed by atoms with van der Waals surface area (Å²) in [5.74, 6) is -1.53. The van der Waals surface area contributed by atoms with Crippen molar-refractivity contribution in [3.05, 3.63) is 18.0 Å². The van der Waals surface area contributed by atoms with E-state index in [4.69, 9.17) is 0 Å². The Morgan fingerprint density at radius 1 is 1.45 bits per heavy atom. The Morgan fingerprint density at radius 2 is 2.10 bits per heavy atom. The van der Waals surface area contributed by atoms with Gasteiger partial charge >= 0.3 is 12.7 Å². The molecule has 1 aromatic rings. The number of rotatable bonds is 2. The monoisotopic (exact) mass is 298 g/mol. The molecule has 1 amide bonds. The van der Waals surface area contributed by atoms with Crippen molar-refractivity contribution in [2.75, 3.05) is 0 Å². The number of amides is 1. The quantitative estimate of drug-likeness (QED) is 0.838. The van der Waals surface area contributed by atoms with Gasteiger partial charge in [-0.2, -0.15) is 41.8 Å². The lowest BCUT2D eigenvalue weighted by Crippen LogP contribution is -2.56. The van der Waals surface area contributed by atoms with Gasteiger partial charge in [0.05, 0.1) is 0 Å². The molecule has 0 saturated carbocycles. The number of alkyl halides is 5. The third kappa shape index (κ3) is 2.03. The van der Waals surface area contributed by atoms with Crippen LogP contribution in [0.25, 0.3) is 0 Å². The van der Waals surface area contributed by atoms with Crippen LogP contribution in [0.2, 0.25) is 0 Å². The maximum atomic E-state index is 12.8. The summed E-state index contributed by atoms with van der Waals surface area (Å²) >= 11 is 0. The zero-order chi connectivity index (χ0) is 15.1. The zero-order valence-electron chi connectivity index (χ0n) is 9.55. The molecule has 20 heavy (non-hydrogen) atoms. The van der Waals surface area contributed by atoms with E-state index in [1.807, 2.05) is 0 Å². The van der Waals surface area contributed by atoms with Crippen LogP contribution in [0.5, 0.6) is 0 Å². The highest BCUT2D eigenvalue weighted by atomic mass is 19.4. The van der Waals surface area contributed by atoms with E-state index >= 15 is 0 Å². The van der Waals surface area contributed by atoms with Gasteiger partial charge in [-0.05, 0) is 6.07 Å². The van der Waals surface area contributed by atoms with E-state index < -0.39 is 36.5 Å². The Bertz CT molecular complexity index is 555. The lowest BCUT2D eigenvalue weighted by molar-refractivity contribution is -0.297. The first-order chi connectivity index (χ1) is 9.18. The number of carbonyl (C=O) groups is 1. The summed E-state index contributed by atoms with van der Waals surface area (Å²) in [5.41, 5.74) is -4.37. The number of nitrogens with zero attached hydrogens (tertiary/aromatic N) is 4. The van der Waals surface area contributed by atoms with Crippen molar-refractivity contribution in [3.8, 4) is 0 Å². The summed E-state index contributed by atoms with van der Waals surface area (Å²) in [6.45, 7) is -3.21. The van der Waals surface area contributed by atoms with Crippen molar-refractivity contribution in [1.29, 1.82) is 0 Å². The van der Waals surface area contributed by atoms with Gasteiger partial charge in [-0.1, -0.05) is 0 Å². The molecule has 2 rings (SSSR count). The van der Waals surface area contributed by atoms with Crippen LogP contribution in [0.3, 0.4) is 0 Å². The molecule has 1 N–H and O–H groups in total. The largest absolute Gasteiger partial charge is 0.438 e. The van der Waals surface area contributed by atoms with Gasteiger partial charge in [-0.15, -0.1) is 0 Å². The minimum atomic E-state index is -5.19. The standard InChI is InChI=1S/C9H7F5N4O2/c10-7(11)17-5(1-3-15-17)6(19)18-8(20,2-4-16-18)9(12,13)14/h1,3-4,7,20H,2H2/t8-/m1/s1. The average molecular weight is 298 g/mol. The van der Waals surface area contributed by atoms with Gasteiger partial charge in [-0.3, -0.25) is 4.79 Å². The number of carbonyl (C=O) groups excluding carboxylic acids is 1. The second-order valence-electron chi connectivity index (χ2n) is 3.87. The molecule has 1 aliphatic rings. The fourth-order valence-corrected chi connectivity index (χ4v) is 1.64. The second kappa shape index (κ2) is 4.51. The first-order valence-electron chi connectivity index (χ1n) is 5.16. The van der Waals surface area contributed by atoms with E-state index in [-0.39, 0.29) is 9.69 Å². The number of hydrogen-bond donors (Lipinski definition) is 1. The van der Waals surface area contributed by atoms with E-state index in [2.05, 4.69) is 10.2 Å². The number of hydrogen-bond acceptors (Lipinski definition) is 4. The minimum absolute atomic E-state index is 0.0625. The third-order valence-electron chi connectivity index (χ3n) is 2.64. The molecule has 0 fully saturated rings. The van der Waals surface area contributed by atoms with E-state index in [9.17, 15) is 31.9 Å². The molecule has 2 heterocycles. The molecule has 1 aliphatic heterocycles. The van der Waals surface area contributed by atoms with Crippen molar-refractivity contribution in [2.45, 2.75) is 24.9 Å². The highest BCUT2D eigenvalue weighted by Crippen LogP contribution is 2.39. The molecule has 110 valence electrons. The van der Waals surface area contributed by atoms with Gasteiger partial charge < -0.3 is 5.11 Å². The molecule has 1 atom stereocenters. The number of aliphatic hydroxyl groups is 1. The van der Waals surface area contributed by atoms with Crippen LogP contribution in [-0.4, -0.2) is 43.9 Å². The topological polar surface area (TPSA) is 70.7 Å². The molecule has 1 aromatic heterocycles. The first kappa shape index (κ1) is 14.4. The molecule has 0 aromatic carbocycles. The van der Waals surface area contributed by atoms with Crippen LogP contribution in [0.15, 0.2) is 17.4 Å². The Morgan fingerprint density at radius 3 is 2.65 bits per heavy atom. The van der Waals surface area contributed by atoms with Gasteiger partial charge in [0, 0.05) is 18.8 Å². The van der Waals surface area contributed by atoms with Crippen LogP contribution < -0.4 is 0 Å². The highest BCUT2D eigenvalue weighted by molar-refractivity contribution is 5.94. The van der Waals surface area contributed by atoms with E-state index in [0.717, 1.165) is 12.3 Å². The van der Waals surface area contributed by atoms with Gasteiger partial charge in [-0.25, -0.2) is 0 Å². The number of hydrazone groups is 1. The summed E-state index contributed by atoms with van der Waals surface area (Å²) < 4.78 is 63.3. The minimum Gasteiger partial charge on any atom is -0.362 e. The summed E-state index contributed by atoms with van der Waals surface area (Å²) in [6.07, 6.45) is -4.67. The average Bonchev–Trinajstić information content (AvgIpc) is 2.93. The first-order valence-corrected chi connectivity index (χ1v) is 5.16. The Hall–Kier alpha value is -2.04. The van der Waals surface area contributed by atoms with Gasteiger partial charge in [0.1, 0.15) is 5.69 Å². The Balaban J connectivity index is 2.38. The van der Waals surface area contributed by atoms with Crippen LogP contribution in [0.1, 0.15) is 23.5 Å². The molecule has 6 nitrogen and oxygen atoms in total. The maximum Gasteiger partial charge on any atom is 0.438 e. The third-order valence-corrected chi connectivity index (χ3v) is 2.64. The summed E-state index contributed by atoms with van der Waals surface area (Å²) in [5, 5.41) is 15.5. The molecule has 11 heteroatoms. The predicted octanol–water partition coefficient (Wildman–Crippen LogP) is 1.36. The normalized spacial score (nSPS) is 22.9. The second-order valence-corrected chi connectivity index (χ2v) is 3.87. The Kier molecular flexibility index (Phi) is 3.24. The van der Waals surface area contributed by atoms with Crippen molar-refractivity contribution < 1.29 is 31.9 Å². The van der Waals surface area contributed by atoms with Crippen molar-refractivity contribution in [3.63, 3.8) is 0 Å². The van der Waals surface area contributed by atoms with E-state index in [0.29, 0.717) is 6.21 Å². The lowest BCUT2D eigenvalue weighted by Gasteiger charge is -2.32. The summed E-state index contributed by atoms with van der Waals surface area (Å²) in [7, 11) is 0. The maximum absolute atomic E-state index is 12.8. The van der Waals surface area contributed by atoms with Crippen LogP contribution in [-0.2, 0) is 0 Å². The molecule has 0 saturated heterocycles. The fraction of sp³-hybridized carbons (Fsp3) is 0.444. The molecule has 0 radical (unpaired) electrons. The van der Waals surface area contributed by atoms with Crippen molar-refractivity contribution >= 4 is 12.1 Å². The number of aromatic nitrogens is 2. The Labute approximate surface area is 108 Å². The zero-order valence-corrected chi connectivity index (χ0v) is 9.55. The van der Waals surface area contributed by atoms with Crippen LogP contribution in [0, 0.1) is 0 Å². The fourth-order valence-electron chi connectivity index (χ4n) is 1.64. The van der Waals surface area contributed by atoms with Crippen LogP contribution >= 0.6 is 0 Å². The highest BCUT2D eigenvalue weighted by Gasteiger charge is 2.61. The molecular weight excluding hydrogens is 291 g/mol. The molecular formula is C9H7F5N4O2. The van der Waals surface area contributed by atoms with E-state index in [1.165, 1.54) is 0 Å². The lowest BCUT2D eigenvalue weighted by atomic mass is 10.1. The van der Waals surface area contributed by atoms with Crippen molar-refractivity contribution in [1.82, 2.24) is 14.8 Å². The summed E-state index contributed by atoms with van der Waals surface area (Å²) in [4.78, 5) is 11.9. The van der Waals surface area contributed by atoms with Gasteiger partial charge in [0.2, 0.25) is 0 Å². The van der Waals surface area contributed by atoms with Crippen LogP contribution in [0.4, 0.5) is 22.0 Å². The van der Waals surface area contributed by atoms with Crippen molar-refractivity contribution in [2.24, 2.45) is 5.10 Å². The molecule has 0 spiro atoms. The van der Waals surface area contributed by atoms with Gasteiger partial charge in [0.15, 0.2) is 0 Å². The molecule has 0 bridgehead atoms.